The molecule has 0 fully saturated rings. The van der Waals surface area contributed by atoms with Gasteiger partial charge in [0.25, 0.3) is 0 Å². The largest absolute Gasteiger partial charge is 0.444 e. The Labute approximate surface area is 207 Å². The van der Waals surface area contributed by atoms with Crippen LogP contribution >= 0.6 is 0 Å². The highest BCUT2D eigenvalue weighted by atomic mass is 16.6. The summed E-state index contributed by atoms with van der Waals surface area (Å²) in [6, 6.07) is 4.80. The molecule has 10 heteroatoms. The maximum atomic E-state index is 13.7. The summed E-state index contributed by atoms with van der Waals surface area (Å²) in [5.41, 5.74) is 6.72. The molecule has 0 saturated heterocycles. The first-order valence-corrected chi connectivity index (χ1v) is 11.5. The Morgan fingerprint density at radius 1 is 1.09 bits per heavy atom. The van der Waals surface area contributed by atoms with Gasteiger partial charge in [0.15, 0.2) is 0 Å². The summed E-state index contributed by atoms with van der Waals surface area (Å²) in [7, 11) is 0. The highest BCUT2D eigenvalue weighted by molar-refractivity contribution is 5.92. The first-order valence-electron chi connectivity index (χ1n) is 11.5. The normalized spacial score (nSPS) is 12.8. The topological polar surface area (TPSA) is 155 Å². The lowest BCUT2D eigenvalue weighted by molar-refractivity contribution is -0.142. The number of primary amides is 1. The van der Waals surface area contributed by atoms with Crippen LogP contribution in [0, 0.1) is 25.2 Å². The van der Waals surface area contributed by atoms with Gasteiger partial charge in [-0.15, -0.1) is 0 Å². The number of nitrogens with zero attached hydrogens (tertiary/aromatic N) is 2. The number of hydrogen-bond acceptors (Lipinski definition) is 6. The SMILES string of the molecule is Cc1cc(C)cc(C(C(=O)NC(C)C)N(CC#N)C(=O)C(CCC(N)=O)NC(=O)OC(C)(C)C)c1. The Bertz CT molecular complexity index is 957. The quantitative estimate of drug-likeness (QED) is 0.430. The van der Waals surface area contributed by atoms with Crippen LogP contribution in [0.5, 0.6) is 0 Å². The monoisotopic (exact) mass is 487 g/mol. The highest BCUT2D eigenvalue weighted by Gasteiger charge is 2.36. The van der Waals surface area contributed by atoms with Crippen LogP contribution in [0.15, 0.2) is 18.2 Å². The van der Waals surface area contributed by atoms with Gasteiger partial charge in [0.05, 0.1) is 6.07 Å². The van der Waals surface area contributed by atoms with E-state index in [2.05, 4.69) is 10.6 Å². The molecular weight excluding hydrogens is 450 g/mol. The Hall–Kier alpha value is -3.61. The number of aryl methyl sites for hydroxylation is 2. The minimum Gasteiger partial charge on any atom is -0.444 e. The van der Waals surface area contributed by atoms with E-state index in [1.165, 1.54) is 0 Å². The molecule has 0 saturated carbocycles. The molecule has 0 aromatic heterocycles. The van der Waals surface area contributed by atoms with Gasteiger partial charge in [0.2, 0.25) is 17.7 Å². The number of hydrogen-bond donors (Lipinski definition) is 3. The minimum atomic E-state index is -1.24. The van der Waals surface area contributed by atoms with Crippen LogP contribution in [-0.4, -0.2) is 52.9 Å². The minimum absolute atomic E-state index is 0.124. The number of nitrogens with two attached hydrogens (primary N) is 1. The smallest absolute Gasteiger partial charge is 0.408 e. The van der Waals surface area contributed by atoms with Crippen LogP contribution in [0.1, 0.15) is 70.2 Å². The van der Waals surface area contributed by atoms with Crippen molar-refractivity contribution < 1.29 is 23.9 Å². The molecule has 0 aliphatic carbocycles. The molecule has 192 valence electrons. The summed E-state index contributed by atoms with van der Waals surface area (Å²) in [4.78, 5) is 52.0. The number of amides is 4. The number of carbonyl (C=O) groups is 4. The molecule has 0 aliphatic heterocycles. The molecule has 1 aromatic rings. The van der Waals surface area contributed by atoms with Gasteiger partial charge in [-0.1, -0.05) is 29.3 Å². The molecule has 1 rings (SSSR count). The number of alkyl carbamates (subject to hydrolysis) is 1. The van der Waals surface area contributed by atoms with Gasteiger partial charge in [0, 0.05) is 12.5 Å². The van der Waals surface area contributed by atoms with Gasteiger partial charge < -0.3 is 26.0 Å². The van der Waals surface area contributed by atoms with Crippen molar-refractivity contribution in [2.75, 3.05) is 6.54 Å². The fourth-order valence-electron chi connectivity index (χ4n) is 3.57. The zero-order chi connectivity index (χ0) is 26.9. The zero-order valence-corrected chi connectivity index (χ0v) is 21.6. The molecule has 2 unspecified atom stereocenters. The van der Waals surface area contributed by atoms with Crippen molar-refractivity contribution in [3.05, 3.63) is 34.9 Å². The molecule has 35 heavy (non-hydrogen) atoms. The molecule has 4 amide bonds. The van der Waals surface area contributed by atoms with Crippen molar-refractivity contribution in [3.63, 3.8) is 0 Å². The van der Waals surface area contributed by atoms with Crippen LogP contribution in [0.3, 0.4) is 0 Å². The summed E-state index contributed by atoms with van der Waals surface area (Å²) < 4.78 is 5.26. The summed E-state index contributed by atoms with van der Waals surface area (Å²) >= 11 is 0. The average Bonchev–Trinajstić information content (AvgIpc) is 2.67. The first kappa shape index (κ1) is 29.4. The number of nitrogens with one attached hydrogen (secondary N) is 2. The van der Waals surface area contributed by atoms with E-state index in [0.29, 0.717) is 5.56 Å². The van der Waals surface area contributed by atoms with Gasteiger partial charge in [-0.25, -0.2) is 4.79 Å². The van der Waals surface area contributed by atoms with E-state index in [0.717, 1.165) is 16.0 Å². The highest BCUT2D eigenvalue weighted by Crippen LogP contribution is 2.25. The maximum Gasteiger partial charge on any atom is 0.408 e. The second-order valence-electron chi connectivity index (χ2n) is 9.81. The van der Waals surface area contributed by atoms with Crippen molar-refractivity contribution in [2.24, 2.45) is 5.73 Å². The van der Waals surface area contributed by atoms with Crippen LogP contribution < -0.4 is 16.4 Å². The van der Waals surface area contributed by atoms with Crippen molar-refractivity contribution in [1.29, 1.82) is 5.26 Å². The van der Waals surface area contributed by atoms with E-state index in [1.54, 1.807) is 46.8 Å². The van der Waals surface area contributed by atoms with Crippen LogP contribution in [0.2, 0.25) is 0 Å². The lowest BCUT2D eigenvalue weighted by atomic mass is 9.98. The zero-order valence-electron chi connectivity index (χ0n) is 21.6. The molecule has 2 atom stereocenters. The van der Waals surface area contributed by atoms with E-state index < -0.39 is 48.0 Å². The standard InChI is InChI=1S/C25H37N5O5/c1-15(2)28-22(32)21(18-13-16(3)12-17(4)14-18)30(11-10-26)23(33)19(8-9-20(27)31)29-24(34)35-25(5,6)7/h12-15,19,21H,8-9,11H2,1-7H3,(H2,27,31)(H,28,32)(H,29,34). The Balaban J connectivity index is 3.50. The van der Waals surface area contributed by atoms with Crippen LogP contribution in [0.4, 0.5) is 4.79 Å². The number of ether oxygens (including phenoxy) is 1. The molecule has 1 aromatic carbocycles. The summed E-state index contributed by atoms with van der Waals surface area (Å²) in [6.07, 6.45) is -1.19. The van der Waals surface area contributed by atoms with E-state index in [-0.39, 0.29) is 18.9 Å². The van der Waals surface area contributed by atoms with Gasteiger partial charge in [-0.2, -0.15) is 5.26 Å². The third-order valence-corrected chi connectivity index (χ3v) is 4.74. The van der Waals surface area contributed by atoms with E-state index in [9.17, 15) is 24.4 Å². The van der Waals surface area contributed by atoms with Gasteiger partial charge in [-0.05, 0) is 60.5 Å². The van der Waals surface area contributed by atoms with E-state index in [1.807, 2.05) is 26.0 Å². The number of nitriles is 1. The predicted molar refractivity (Wildman–Crippen MR) is 131 cm³/mol. The number of rotatable bonds is 10. The first-order chi connectivity index (χ1) is 16.1. The lowest BCUT2D eigenvalue weighted by Gasteiger charge is -2.33. The van der Waals surface area contributed by atoms with Gasteiger partial charge in [0.1, 0.15) is 24.2 Å². The van der Waals surface area contributed by atoms with Gasteiger partial charge in [-0.3, -0.25) is 14.4 Å². The molecule has 0 radical (unpaired) electrons. The second kappa shape index (κ2) is 12.7. The molecule has 10 nitrogen and oxygen atoms in total. The third kappa shape index (κ3) is 10.0. The molecule has 0 aliphatic rings. The molecule has 0 heterocycles. The summed E-state index contributed by atoms with van der Waals surface area (Å²) in [5.74, 6) is -1.84. The van der Waals surface area contributed by atoms with Crippen LogP contribution in [0.25, 0.3) is 0 Å². The fourth-order valence-corrected chi connectivity index (χ4v) is 3.57. The summed E-state index contributed by atoms with van der Waals surface area (Å²) in [6.45, 7) is 11.9. The Morgan fingerprint density at radius 3 is 2.11 bits per heavy atom. The molecule has 0 spiro atoms. The molecule has 0 bridgehead atoms. The van der Waals surface area contributed by atoms with Crippen LogP contribution in [-0.2, 0) is 19.1 Å². The van der Waals surface area contributed by atoms with E-state index >= 15 is 0 Å². The average molecular weight is 488 g/mol. The van der Waals surface area contributed by atoms with Crippen molar-refractivity contribution in [2.45, 2.75) is 85.0 Å². The molecular formula is C25H37N5O5. The van der Waals surface area contributed by atoms with Gasteiger partial charge >= 0.3 is 6.09 Å². The van der Waals surface area contributed by atoms with Crippen molar-refractivity contribution >= 4 is 23.8 Å². The van der Waals surface area contributed by atoms with E-state index in [4.69, 9.17) is 10.5 Å². The van der Waals surface area contributed by atoms with Crippen molar-refractivity contribution in [3.8, 4) is 6.07 Å². The number of carbonyl (C=O) groups excluding carboxylic acids is 4. The fraction of sp³-hybridized carbons (Fsp3) is 0.560. The second-order valence-corrected chi connectivity index (χ2v) is 9.81. The van der Waals surface area contributed by atoms with Crippen molar-refractivity contribution in [1.82, 2.24) is 15.5 Å². The summed E-state index contributed by atoms with van der Waals surface area (Å²) in [5, 5.41) is 14.8. The predicted octanol–water partition coefficient (Wildman–Crippen LogP) is 2.38. The molecule has 4 N–H and O–H groups in total. The Morgan fingerprint density at radius 2 is 1.66 bits per heavy atom. The third-order valence-electron chi connectivity index (χ3n) is 4.74. The number of benzene rings is 1. The Kier molecular flexibility index (Phi) is 10.7. The lowest BCUT2D eigenvalue weighted by Crippen LogP contribution is -2.53. The maximum absolute atomic E-state index is 13.7.